The summed E-state index contributed by atoms with van der Waals surface area (Å²) in [4.78, 5) is 7.78. The predicted octanol–water partition coefficient (Wildman–Crippen LogP) is 2.72. The third kappa shape index (κ3) is 3.22. The van der Waals surface area contributed by atoms with E-state index in [1.165, 1.54) is 30.7 Å². The molecule has 2 rings (SSSR count). The van der Waals surface area contributed by atoms with Crippen molar-refractivity contribution in [2.24, 2.45) is 5.10 Å². The largest absolute Gasteiger partial charge is 0.259 e. The zero-order valence-electron chi connectivity index (χ0n) is 8.64. The molecule has 0 fully saturated rings. The minimum Gasteiger partial charge on any atom is -0.259 e. The highest BCUT2D eigenvalue weighted by molar-refractivity contribution is 6.31. The van der Waals surface area contributed by atoms with Gasteiger partial charge in [0.15, 0.2) is 11.0 Å². The van der Waals surface area contributed by atoms with Crippen molar-refractivity contribution in [3.63, 3.8) is 0 Å². The molecule has 0 atom stereocenters. The van der Waals surface area contributed by atoms with Crippen molar-refractivity contribution in [1.29, 1.82) is 0 Å². The van der Waals surface area contributed by atoms with E-state index in [-0.39, 0.29) is 11.0 Å². The van der Waals surface area contributed by atoms with Crippen molar-refractivity contribution in [3.8, 4) is 0 Å². The molecule has 0 aliphatic carbocycles. The van der Waals surface area contributed by atoms with Crippen LogP contribution in [0.25, 0.3) is 0 Å². The van der Waals surface area contributed by atoms with Crippen LogP contribution in [-0.2, 0) is 0 Å². The zero-order chi connectivity index (χ0) is 12.1. The smallest absolute Gasteiger partial charge is 0.184 e. The first kappa shape index (κ1) is 11.5. The minimum atomic E-state index is -0.285. The Morgan fingerprint density at radius 2 is 1.88 bits per heavy atom. The van der Waals surface area contributed by atoms with Gasteiger partial charge in [-0.05, 0) is 17.7 Å². The number of hydrogen-bond donors (Lipinski definition) is 1. The lowest BCUT2D eigenvalue weighted by molar-refractivity contribution is 0.628. The molecule has 0 aliphatic heterocycles. The van der Waals surface area contributed by atoms with Gasteiger partial charge in [0, 0.05) is 12.4 Å². The Labute approximate surface area is 102 Å². The molecule has 0 bridgehead atoms. The van der Waals surface area contributed by atoms with Gasteiger partial charge in [-0.2, -0.15) is 5.10 Å². The Bertz CT molecular complexity index is 527. The van der Waals surface area contributed by atoms with Crippen LogP contribution in [-0.4, -0.2) is 16.2 Å². The lowest BCUT2D eigenvalue weighted by Crippen LogP contribution is -1.95. The molecule has 0 radical (unpaired) electrons. The maximum absolute atomic E-state index is 12.6. The standard InChI is InChI=1S/C11H8ClFN4/c12-10-11(15-6-5-14-10)17-16-7-8-1-3-9(13)4-2-8/h1-7H,(H,15,17)/b16-7+. The number of hydrazone groups is 1. The monoisotopic (exact) mass is 250 g/mol. The lowest BCUT2D eigenvalue weighted by atomic mass is 10.2. The number of rotatable bonds is 3. The molecule has 6 heteroatoms. The van der Waals surface area contributed by atoms with E-state index in [9.17, 15) is 4.39 Å². The second kappa shape index (κ2) is 5.36. The van der Waals surface area contributed by atoms with Crippen LogP contribution in [0, 0.1) is 5.82 Å². The van der Waals surface area contributed by atoms with Gasteiger partial charge in [-0.1, -0.05) is 23.7 Å². The van der Waals surface area contributed by atoms with E-state index in [1.54, 1.807) is 12.1 Å². The summed E-state index contributed by atoms with van der Waals surface area (Å²) in [5.41, 5.74) is 3.41. The first-order valence-corrected chi connectivity index (χ1v) is 5.14. The number of anilines is 1. The summed E-state index contributed by atoms with van der Waals surface area (Å²) in [7, 11) is 0. The van der Waals surface area contributed by atoms with Crippen LogP contribution in [0.5, 0.6) is 0 Å². The summed E-state index contributed by atoms with van der Waals surface area (Å²) in [6, 6.07) is 5.94. The van der Waals surface area contributed by atoms with Crippen LogP contribution in [0.4, 0.5) is 10.2 Å². The summed E-state index contributed by atoms with van der Waals surface area (Å²) in [5.74, 6) is 0.0830. The minimum absolute atomic E-state index is 0.240. The molecule has 4 nitrogen and oxygen atoms in total. The first-order valence-electron chi connectivity index (χ1n) is 4.77. The molecule has 1 N–H and O–H groups in total. The van der Waals surface area contributed by atoms with E-state index in [0.717, 1.165) is 5.56 Å². The molecule has 0 unspecified atom stereocenters. The van der Waals surface area contributed by atoms with Gasteiger partial charge in [-0.3, -0.25) is 5.43 Å². The number of nitrogens with zero attached hydrogens (tertiary/aromatic N) is 3. The molecule has 0 aliphatic rings. The Morgan fingerprint density at radius 1 is 1.18 bits per heavy atom. The fourth-order valence-electron chi connectivity index (χ4n) is 1.11. The van der Waals surface area contributed by atoms with Crippen LogP contribution in [0.15, 0.2) is 41.8 Å². The van der Waals surface area contributed by atoms with E-state index >= 15 is 0 Å². The summed E-state index contributed by atoms with van der Waals surface area (Å²) < 4.78 is 12.6. The Kier molecular flexibility index (Phi) is 3.62. The summed E-state index contributed by atoms with van der Waals surface area (Å²) in [6.45, 7) is 0. The van der Waals surface area contributed by atoms with E-state index in [2.05, 4.69) is 20.5 Å². The molecule has 1 heterocycles. The maximum Gasteiger partial charge on any atom is 0.184 e. The normalized spacial score (nSPS) is 10.7. The van der Waals surface area contributed by atoms with Crippen molar-refractivity contribution in [1.82, 2.24) is 9.97 Å². The van der Waals surface area contributed by atoms with Crippen molar-refractivity contribution in [2.75, 3.05) is 5.43 Å². The van der Waals surface area contributed by atoms with Gasteiger partial charge in [-0.25, -0.2) is 14.4 Å². The first-order chi connectivity index (χ1) is 8.25. The van der Waals surface area contributed by atoms with Gasteiger partial charge >= 0.3 is 0 Å². The highest BCUT2D eigenvalue weighted by atomic mass is 35.5. The Morgan fingerprint density at radius 3 is 2.59 bits per heavy atom. The maximum atomic E-state index is 12.6. The molecule has 0 spiro atoms. The molecule has 1 aromatic heterocycles. The summed E-state index contributed by atoms with van der Waals surface area (Å²) >= 11 is 5.77. The van der Waals surface area contributed by atoms with Crippen molar-refractivity contribution in [2.45, 2.75) is 0 Å². The lowest BCUT2D eigenvalue weighted by Gasteiger charge is -1.99. The second-order valence-corrected chi connectivity index (χ2v) is 3.48. The van der Waals surface area contributed by atoms with E-state index in [0.29, 0.717) is 5.82 Å². The van der Waals surface area contributed by atoms with Crippen molar-refractivity contribution in [3.05, 3.63) is 53.2 Å². The molecular weight excluding hydrogens is 243 g/mol. The second-order valence-electron chi connectivity index (χ2n) is 3.12. The van der Waals surface area contributed by atoms with E-state index in [1.807, 2.05) is 0 Å². The predicted molar refractivity (Wildman–Crippen MR) is 64.7 cm³/mol. The zero-order valence-corrected chi connectivity index (χ0v) is 9.39. The molecule has 0 amide bonds. The number of aromatic nitrogens is 2. The van der Waals surface area contributed by atoms with Crippen LogP contribution in [0.2, 0.25) is 5.15 Å². The van der Waals surface area contributed by atoms with Gasteiger partial charge in [0.25, 0.3) is 0 Å². The number of hydrogen-bond acceptors (Lipinski definition) is 4. The van der Waals surface area contributed by atoms with Crippen molar-refractivity contribution < 1.29 is 4.39 Å². The number of nitrogens with one attached hydrogen (secondary N) is 1. The molecular formula is C11H8ClFN4. The topological polar surface area (TPSA) is 50.2 Å². The van der Waals surface area contributed by atoms with E-state index in [4.69, 9.17) is 11.6 Å². The fourth-order valence-corrected chi connectivity index (χ4v) is 1.26. The number of halogens is 2. The molecule has 17 heavy (non-hydrogen) atoms. The van der Waals surface area contributed by atoms with Gasteiger partial charge in [0.05, 0.1) is 6.21 Å². The summed E-state index contributed by atoms with van der Waals surface area (Å²) in [6.07, 6.45) is 4.52. The van der Waals surface area contributed by atoms with Crippen LogP contribution < -0.4 is 5.43 Å². The van der Waals surface area contributed by atoms with Gasteiger partial charge < -0.3 is 0 Å². The molecule has 2 aromatic rings. The number of benzene rings is 1. The highest BCUT2D eigenvalue weighted by Gasteiger charge is 1.98. The third-order valence-electron chi connectivity index (χ3n) is 1.91. The van der Waals surface area contributed by atoms with Crippen LogP contribution in [0.3, 0.4) is 0 Å². The third-order valence-corrected chi connectivity index (χ3v) is 2.18. The van der Waals surface area contributed by atoms with Gasteiger partial charge in [-0.15, -0.1) is 0 Å². The average molecular weight is 251 g/mol. The average Bonchev–Trinajstić information content (AvgIpc) is 2.34. The summed E-state index contributed by atoms with van der Waals surface area (Å²) in [5, 5.41) is 4.16. The van der Waals surface area contributed by atoms with Crippen LogP contribution in [0.1, 0.15) is 5.56 Å². The highest BCUT2D eigenvalue weighted by Crippen LogP contribution is 2.13. The quantitative estimate of drug-likeness (QED) is 0.673. The van der Waals surface area contributed by atoms with E-state index < -0.39 is 0 Å². The SMILES string of the molecule is Fc1ccc(/C=N/Nc2nccnc2Cl)cc1. The van der Waals surface area contributed by atoms with Crippen LogP contribution >= 0.6 is 11.6 Å². The molecule has 0 saturated carbocycles. The Hall–Kier alpha value is -2.01. The molecule has 1 aromatic carbocycles. The Balaban J connectivity index is 2.03. The molecule has 86 valence electrons. The fraction of sp³-hybridized carbons (Fsp3) is 0. The molecule has 0 saturated heterocycles. The van der Waals surface area contributed by atoms with Gasteiger partial charge in [0.2, 0.25) is 0 Å². The van der Waals surface area contributed by atoms with Crippen molar-refractivity contribution >= 4 is 23.6 Å². The van der Waals surface area contributed by atoms with Gasteiger partial charge in [0.1, 0.15) is 5.82 Å².